The number of ether oxygens (including phenoxy) is 1. The molecule has 4 heteroatoms. The van der Waals surface area contributed by atoms with E-state index in [0.717, 1.165) is 26.2 Å². The van der Waals surface area contributed by atoms with Crippen molar-refractivity contribution in [2.24, 2.45) is 0 Å². The van der Waals surface area contributed by atoms with Crippen molar-refractivity contribution >= 4 is 0 Å². The zero-order chi connectivity index (χ0) is 14.3. The third-order valence-corrected chi connectivity index (χ3v) is 4.38. The Labute approximate surface area is 119 Å². The molecular formula is C15H33N3O. The van der Waals surface area contributed by atoms with Crippen molar-refractivity contribution in [3.8, 4) is 0 Å². The lowest BCUT2D eigenvalue weighted by Gasteiger charge is -2.49. The molecule has 0 aromatic rings. The second-order valence-corrected chi connectivity index (χ2v) is 6.28. The number of rotatable bonds is 10. The lowest BCUT2D eigenvalue weighted by molar-refractivity contribution is 0.0226. The van der Waals surface area contributed by atoms with Gasteiger partial charge in [-0.15, -0.1) is 0 Å². The third-order valence-electron chi connectivity index (χ3n) is 4.38. The summed E-state index contributed by atoms with van der Waals surface area (Å²) in [5, 5.41) is 3.57. The van der Waals surface area contributed by atoms with Crippen LogP contribution in [-0.4, -0.2) is 75.9 Å². The van der Waals surface area contributed by atoms with Gasteiger partial charge in [0, 0.05) is 31.8 Å². The van der Waals surface area contributed by atoms with Crippen LogP contribution in [0.4, 0.5) is 0 Å². The molecule has 1 aliphatic rings. The number of likely N-dealkylation sites (N-methyl/N-ethyl adjacent to an activating group) is 2. The molecule has 1 saturated carbocycles. The molecule has 0 saturated heterocycles. The predicted octanol–water partition coefficient (Wildman–Crippen LogP) is 1.42. The second kappa shape index (κ2) is 8.20. The maximum absolute atomic E-state index is 5.32. The summed E-state index contributed by atoms with van der Waals surface area (Å²) in [6, 6.07) is 0.439. The number of methoxy groups -OCH3 is 1. The van der Waals surface area contributed by atoms with Crippen LogP contribution in [-0.2, 0) is 4.74 Å². The highest BCUT2D eigenvalue weighted by Gasteiger charge is 2.39. The first-order valence-corrected chi connectivity index (χ1v) is 7.62. The zero-order valence-electron chi connectivity index (χ0n) is 13.5. The Balaban J connectivity index is 2.40. The summed E-state index contributed by atoms with van der Waals surface area (Å²) < 4.78 is 5.32. The average Bonchev–Trinajstić information content (AvgIpc) is 2.30. The van der Waals surface area contributed by atoms with E-state index in [1.54, 1.807) is 7.11 Å². The quantitative estimate of drug-likeness (QED) is 0.650. The standard InChI is InChI=1S/C15H33N3O/c1-6-10-16-14(12-19-5)11-18(4)13-15(17(2)3)8-7-9-15/h14,16H,6-13H2,1-5H3. The molecule has 0 amide bonds. The van der Waals surface area contributed by atoms with Crippen molar-refractivity contribution in [3.63, 3.8) is 0 Å². The van der Waals surface area contributed by atoms with E-state index in [2.05, 4.69) is 43.2 Å². The molecule has 1 unspecified atom stereocenters. The van der Waals surface area contributed by atoms with Crippen LogP contribution in [0.15, 0.2) is 0 Å². The number of nitrogens with zero attached hydrogens (tertiary/aromatic N) is 2. The van der Waals surface area contributed by atoms with Gasteiger partial charge in [0.25, 0.3) is 0 Å². The molecular weight excluding hydrogens is 238 g/mol. The molecule has 0 aromatic carbocycles. The number of hydrogen-bond donors (Lipinski definition) is 1. The van der Waals surface area contributed by atoms with Gasteiger partial charge in [0.15, 0.2) is 0 Å². The van der Waals surface area contributed by atoms with Gasteiger partial charge >= 0.3 is 0 Å². The summed E-state index contributed by atoms with van der Waals surface area (Å²) in [7, 11) is 8.46. The molecule has 4 nitrogen and oxygen atoms in total. The smallest absolute Gasteiger partial charge is 0.0628 e. The van der Waals surface area contributed by atoms with Crippen LogP contribution in [0.3, 0.4) is 0 Å². The molecule has 114 valence electrons. The Morgan fingerprint density at radius 1 is 1.26 bits per heavy atom. The van der Waals surface area contributed by atoms with Gasteiger partial charge < -0.3 is 19.9 Å². The van der Waals surface area contributed by atoms with Gasteiger partial charge in [-0.2, -0.15) is 0 Å². The van der Waals surface area contributed by atoms with E-state index in [9.17, 15) is 0 Å². The van der Waals surface area contributed by atoms with E-state index < -0.39 is 0 Å². The van der Waals surface area contributed by atoms with Crippen molar-refractivity contribution in [2.75, 3.05) is 54.5 Å². The monoisotopic (exact) mass is 271 g/mol. The van der Waals surface area contributed by atoms with E-state index in [1.807, 2.05) is 0 Å². The first-order chi connectivity index (χ1) is 9.04. The third kappa shape index (κ3) is 5.03. The highest BCUT2D eigenvalue weighted by molar-refractivity contribution is 4.98. The molecule has 0 heterocycles. The van der Waals surface area contributed by atoms with Gasteiger partial charge in [-0.1, -0.05) is 6.92 Å². The summed E-state index contributed by atoms with van der Waals surface area (Å²) >= 11 is 0. The fraction of sp³-hybridized carbons (Fsp3) is 1.00. The maximum Gasteiger partial charge on any atom is 0.0628 e. The van der Waals surface area contributed by atoms with Gasteiger partial charge in [-0.3, -0.25) is 0 Å². The van der Waals surface area contributed by atoms with Crippen LogP contribution in [0.1, 0.15) is 32.6 Å². The second-order valence-electron chi connectivity index (χ2n) is 6.28. The molecule has 1 fully saturated rings. The molecule has 0 spiro atoms. The molecule has 0 aromatic heterocycles. The average molecular weight is 271 g/mol. The topological polar surface area (TPSA) is 27.7 Å². The summed E-state index contributed by atoms with van der Waals surface area (Å²) in [6.07, 6.45) is 5.22. The predicted molar refractivity (Wildman–Crippen MR) is 81.7 cm³/mol. The summed E-state index contributed by atoms with van der Waals surface area (Å²) in [4.78, 5) is 4.88. The van der Waals surface area contributed by atoms with Crippen LogP contribution in [0.5, 0.6) is 0 Å². The van der Waals surface area contributed by atoms with Crippen LogP contribution in [0.25, 0.3) is 0 Å². The molecule has 1 aliphatic carbocycles. The largest absolute Gasteiger partial charge is 0.383 e. The normalized spacial score (nSPS) is 19.7. The van der Waals surface area contributed by atoms with Crippen LogP contribution < -0.4 is 5.32 Å². The van der Waals surface area contributed by atoms with E-state index in [4.69, 9.17) is 4.74 Å². The lowest BCUT2D eigenvalue weighted by atomic mass is 9.75. The summed E-state index contributed by atoms with van der Waals surface area (Å²) in [5.74, 6) is 0. The highest BCUT2D eigenvalue weighted by atomic mass is 16.5. The Hall–Kier alpha value is -0.160. The molecule has 0 radical (unpaired) electrons. The van der Waals surface area contributed by atoms with E-state index in [0.29, 0.717) is 11.6 Å². The Kier molecular flexibility index (Phi) is 7.29. The van der Waals surface area contributed by atoms with E-state index in [1.165, 1.54) is 25.7 Å². The fourth-order valence-corrected chi connectivity index (χ4v) is 3.00. The van der Waals surface area contributed by atoms with Crippen LogP contribution in [0.2, 0.25) is 0 Å². The van der Waals surface area contributed by atoms with Gasteiger partial charge in [-0.05, 0) is 53.4 Å². The minimum atomic E-state index is 0.414. The molecule has 19 heavy (non-hydrogen) atoms. The van der Waals surface area contributed by atoms with Gasteiger partial charge in [0.1, 0.15) is 0 Å². The summed E-state index contributed by atoms with van der Waals surface area (Å²) in [5.41, 5.74) is 0.414. The molecule has 1 rings (SSSR count). The lowest BCUT2D eigenvalue weighted by Crippen LogP contribution is -2.58. The zero-order valence-corrected chi connectivity index (χ0v) is 13.5. The Morgan fingerprint density at radius 3 is 2.37 bits per heavy atom. The Morgan fingerprint density at radius 2 is 1.95 bits per heavy atom. The number of nitrogens with one attached hydrogen (secondary N) is 1. The minimum Gasteiger partial charge on any atom is -0.383 e. The van der Waals surface area contributed by atoms with Crippen molar-refractivity contribution < 1.29 is 4.74 Å². The Bertz CT molecular complexity index is 242. The molecule has 1 N–H and O–H groups in total. The minimum absolute atomic E-state index is 0.414. The maximum atomic E-state index is 5.32. The van der Waals surface area contributed by atoms with Gasteiger partial charge in [-0.25, -0.2) is 0 Å². The molecule has 1 atom stereocenters. The van der Waals surface area contributed by atoms with Crippen molar-refractivity contribution in [2.45, 2.75) is 44.2 Å². The molecule has 0 aliphatic heterocycles. The van der Waals surface area contributed by atoms with Crippen molar-refractivity contribution in [1.29, 1.82) is 0 Å². The molecule has 0 bridgehead atoms. The van der Waals surface area contributed by atoms with E-state index >= 15 is 0 Å². The highest BCUT2D eigenvalue weighted by Crippen LogP contribution is 2.36. The van der Waals surface area contributed by atoms with Gasteiger partial charge in [0.05, 0.1) is 6.61 Å². The van der Waals surface area contributed by atoms with Crippen molar-refractivity contribution in [1.82, 2.24) is 15.1 Å². The summed E-state index contributed by atoms with van der Waals surface area (Å²) in [6.45, 7) is 6.29. The SMILES string of the molecule is CCCNC(COC)CN(C)CC1(N(C)C)CCC1. The van der Waals surface area contributed by atoms with Gasteiger partial charge in [0.2, 0.25) is 0 Å². The van der Waals surface area contributed by atoms with Crippen LogP contribution in [0, 0.1) is 0 Å². The first kappa shape index (κ1) is 16.9. The van der Waals surface area contributed by atoms with E-state index in [-0.39, 0.29) is 0 Å². The fourth-order valence-electron chi connectivity index (χ4n) is 3.00. The van der Waals surface area contributed by atoms with Crippen molar-refractivity contribution in [3.05, 3.63) is 0 Å². The number of hydrogen-bond acceptors (Lipinski definition) is 4. The first-order valence-electron chi connectivity index (χ1n) is 7.62. The van der Waals surface area contributed by atoms with Crippen LogP contribution >= 0.6 is 0 Å².